The zero-order valence-corrected chi connectivity index (χ0v) is 10.3. The Morgan fingerprint density at radius 1 is 1.11 bits per heavy atom. The van der Waals surface area contributed by atoms with Crippen LogP contribution < -0.4 is 4.74 Å². The van der Waals surface area contributed by atoms with E-state index in [0.717, 1.165) is 6.42 Å². The summed E-state index contributed by atoms with van der Waals surface area (Å²) in [6.07, 6.45) is 2.19. The Labute approximate surface area is 110 Å². The molecule has 0 aliphatic carbocycles. The molecule has 1 rings (SSSR count). The van der Waals surface area contributed by atoms with E-state index in [0.29, 0.717) is 25.2 Å². The molecule has 6 nitrogen and oxygen atoms in total. The zero-order valence-electron chi connectivity index (χ0n) is 10.3. The number of aliphatic carboxylic acids is 1. The van der Waals surface area contributed by atoms with Gasteiger partial charge in [-0.05, 0) is 31.4 Å². The highest BCUT2D eigenvalue weighted by atomic mass is 16.5. The second-order valence-electron chi connectivity index (χ2n) is 4.04. The van der Waals surface area contributed by atoms with Gasteiger partial charge in [-0.15, -0.1) is 0 Å². The fourth-order valence-corrected chi connectivity index (χ4v) is 1.53. The maximum absolute atomic E-state index is 10.7. The molecule has 19 heavy (non-hydrogen) atoms. The minimum atomic E-state index is -1.20. The summed E-state index contributed by atoms with van der Waals surface area (Å²) in [6, 6.07) is 4.00. The monoisotopic (exact) mass is 268 g/mol. The molecule has 0 amide bonds. The Morgan fingerprint density at radius 2 is 1.84 bits per heavy atom. The lowest BCUT2D eigenvalue weighted by molar-refractivity contribution is -0.137. The van der Waals surface area contributed by atoms with Crippen molar-refractivity contribution in [1.82, 2.24) is 0 Å². The summed E-state index contributed by atoms with van der Waals surface area (Å²) in [6.45, 7) is 0.394. The summed E-state index contributed by atoms with van der Waals surface area (Å²) in [5, 5.41) is 26.6. The molecular weight excluding hydrogens is 252 g/mol. The fraction of sp³-hybridized carbons (Fsp3) is 0.385. The average molecular weight is 268 g/mol. The third kappa shape index (κ3) is 5.29. The Hall–Kier alpha value is -2.24. The van der Waals surface area contributed by atoms with Crippen molar-refractivity contribution in [3.63, 3.8) is 0 Å². The SMILES string of the molecule is O=C(O)CCCCCOc1ccc(C(=O)O)c(O)c1. The first kappa shape index (κ1) is 14.8. The summed E-state index contributed by atoms with van der Waals surface area (Å²) in [5.41, 5.74) is -0.172. The molecule has 0 spiro atoms. The maximum atomic E-state index is 10.7. The quantitative estimate of drug-likeness (QED) is 0.624. The first-order valence-electron chi connectivity index (χ1n) is 5.91. The molecule has 0 heterocycles. The van der Waals surface area contributed by atoms with E-state index in [-0.39, 0.29) is 17.7 Å². The molecule has 0 aliphatic rings. The smallest absolute Gasteiger partial charge is 0.339 e. The number of carboxylic acid groups (broad SMARTS) is 2. The van der Waals surface area contributed by atoms with Crippen LogP contribution in [0.3, 0.4) is 0 Å². The highest BCUT2D eigenvalue weighted by Gasteiger charge is 2.09. The van der Waals surface area contributed by atoms with E-state index in [2.05, 4.69) is 0 Å². The van der Waals surface area contributed by atoms with Gasteiger partial charge in [0.2, 0.25) is 0 Å². The van der Waals surface area contributed by atoms with Crippen LogP contribution in [-0.2, 0) is 4.79 Å². The van der Waals surface area contributed by atoms with Gasteiger partial charge in [-0.2, -0.15) is 0 Å². The molecule has 0 unspecified atom stereocenters. The van der Waals surface area contributed by atoms with E-state index in [9.17, 15) is 14.7 Å². The molecule has 0 aliphatic heterocycles. The van der Waals surface area contributed by atoms with Crippen LogP contribution in [0.4, 0.5) is 0 Å². The van der Waals surface area contributed by atoms with Crippen LogP contribution in [-0.4, -0.2) is 33.9 Å². The molecule has 0 fully saturated rings. The number of carboxylic acids is 2. The Bertz CT molecular complexity index is 454. The number of hydrogen-bond acceptors (Lipinski definition) is 4. The first-order valence-corrected chi connectivity index (χ1v) is 5.91. The van der Waals surface area contributed by atoms with Crippen LogP contribution in [0.15, 0.2) is 18.2 Å². The van der Waals surface area contributed by atoms with Crippen LogP contribution in [0.2, 0.25) is 0 Å². The lowest BCUT2D eigenvalue weighted by atomic mass is 10.2. The number of ether oxygens (including phenoxy) is 1. The van der Waals surface area contributed by atoms with Gasteiger partial charge in [0, 0.05) is 12.5 Å². The topological polar surface area (TPSA) is 104 Å². The maximum Gasteiger partial charge on any atom is 0.339 e. The molecule has 104 valence electrons. The number of unbranched alkanes of at least 4 members (excludes halogenated alkanes) is 2. The van der Waals surface area contributed by atoms with Gasteiger partial charge < -0.3 is 20.1 Å². The molecular formula is C13H16O6. The third-order valence-electron chi connectivity index (χ3n) is 2.50. The van der Waals surface area contributed by atoms with Crippen molar-refractivity contribution in [2.45, 2.75) is 25.7 Å². The minimum Gasteiger partial charge on any atom is -0.507 e. The first-order chi connectivity index (χ1) is 9.00. The van der Waals surface area contributed by atoms with Gasteiger partial charge in [0.15, 0.2) is 0 Å². The second kappa shape index (κ2) is 7.25. The van der Waals surface area contributed by atoms with E-state index < -0.39 is 11.9 Å². The van der Waals surface area contributed by atoms with Crippen LogP contribution in [0, 0.1) is 0 Å². The molecule has 0 aromatic heterocycles. The normalized spacial score (nSPS) is 10.1. The Balaban J connectivity index is 2.32. The van der Waals surface area contributed by atoms with E-state index in [1.165, 1.54) is 18.2 Å². The summed E-state index contributed by atoms with van der Waals surface area (Å²) < 4.78 is 5.33. The van der Waals surface area contributed by atoms with Crippen LogP contribution >= 0.6 is 0 Å². The van der Waals surface area contributed by atoms with E-state index >= 15 is 0 Å². The standard InChI is InChI=1S/C13H16O6/c14-11-8-9(5-6-10(11)13(17)18)19-7-3-1-2-4-12(15)16/h5-6,8,14H,1-4,7H2,(H,15,16)(H,17,18). The highest BCUT2D eigenvalue weighted by molar-refractivity contribution is 5.90. The van der Waals surface area contributed by atoms with Gasteiger partial charge in [-0.25, -0.2) is 4.79 Å². The van der Waals surface area contributed by atoms with Crippen LogP contribution in [0.1, 0.15) is 36.0 Å². The lowest BCUT2D eigenvalue weighted by Gasteiger charge is -2.07. The third-order valence-corrected chi connectivity index (χ3v) is 2.50. The Morgan fingerprint density at radius 3 is 2.42 bits per heavy atom. The summed E-state index contributed by atoms with van der Waals surface area (Å²) >= 11 is 0. The summed E-state index contributed by atoms with van der Waals surface area (Å²) in [5.74, 6) is -1.95. The fourth-order valence-electron chi connectivity index (χ4n) is 1.53. The van der Waals surface area contributed by atoms with Crippen LogP contribution in [0.25, 0.3) is 0 Å². The van der Waals surface area contributed by atoms with Gasteiger partial charge in [0.1, 0.15) is 17.1 Å². The molecule has 1 aromatic rings. The Kier molecular flexibility index (Phi) is 5.66. The van der Waals surface area contributed by atoms with Crippen molar-refractivity contribution >= 4 is 11.9 Å². The second-order valence-corrected chi connectivity index (χ2v) is 4.04. The number of aromatic carboxylic acids is 1. The molecule has 0 atom stereocenters. The van der Waals surface area contributed by atoms with Crippen molar-refractivity contribution in [2.24, 2.45) is 0 Å². The van der Waals surface area contributed by atoms with Gasteiger partial charge >= 0.3 is 11.9 Å². The molecule has 0 radical (unpaired) electrons. The van der Waals surface area contributed by atoms with Gasteiger partial charge in [0.25, 0.3) is 0 Å². The van der Waals surface area contributed by atoms with Crippen molar-refractivity contribution in [3.05, 3.63) is 23.8 Å². The summed E-state index contributed by atoms with van der Waals surface area (Å²) in [4.78, 5) is 20.9. The largest absolute Gasteiger partial charge is 0.507 e. The van der Waals surface area contributed by atoms with Crippen molar-refractivity contribution in [1.29, 1.82) is 0 Å². The van der Waals surface area contributed by atoms with Crippen molar-refractivity contribution in [3.8, 4) is 11.5 Å². The van der Waals surface area contributed by atoms with Gasteiger partial charge in [0.05, 0.1) is 6.61 Å². The van der Waals surface area contributed by atoms with E-state index in [1.54, 1.807) is 0 Å². The molecule has 0 saturated carbocycles. The van der Waals surface area contributed by atoms with Gasteiger partial charge in [-0.1, -0.05) is 0 Å². The number of phenols is 1. The van der Waals surface area contributed by atoms with Crippen LogP contribution in [0.5, 0.6) is 11.5 Å². The van der Waals surface area contributed by atoms with E-state index in [1.807, 2.05) is 0 Å². The predicted octanol–water partition coefficient (Wildman–Crippen LogP) is 2.11. The number of benzene rings is 1. The number of carbonyl (C=O) groups is 2. The lowest BCUT2D eigenvalue weighted by Crippen LogP contribution is -2.00. The highest BCUT2D eigenvalue weighted by Crippen LogP contribution is 2.23. The predicted molar refractivity (Wildman–Crippen MR) is 66.7 cm³/mol. The molecule has 1 aromatic carbocycles. The molecule has 3 N–H and O–H groups in total. The minimum absolute atomic E-state index is 0.147. The average Bonchev–Trinajstić information content (AvgIpc) is 2.32. The van der Waals surface area contributed by atoms with Gasteiger partial charge in [-0.3, -0.25) is 4.79 Å². The number of rotatable bonds is 8. The van der Waals surface area contributed by atoms with E-state index in [4.69, 9.17) is 14.9 Å². The van der Waals surface area contributed by atoms with Crippen molar-refractivity contribution in [2.75, 3.05) is 6.61 Å². The molecule has 0 saturated heterocycles. The molecule has 0 bridgehead atoms. The summed E-state index contributed by atoms with van der Waals surface area (Å²) in [7, 11) is 0. The zero-order chi connectivity index (χ0) is 14.3. The number of hydrogen-bond donors (Lipinski definition) is 3. The van der Waals surface area contributed by atoms with Crippen molar-refractivity contribution < 1.29 is 29.6 Å². The number of aromatic hydroxyl groups is 1. The molecule has 6 heteroatoms.